The molecule has 2 rings (SSSR count). The van der Waals surface area contributed by atoms with Crippen molar-refractivity contribution < 1.29 is 0 Å². The van der Waals surface area contributed by atoms with Gasteiger partial charge in [-0.3, -0.25) is 0 Å². The highest BCUT2D eigenvalue weighted by atomic mass is 14.9. The van der Waals surface area contributed by atoms with Crippen molar-refractivity contribution in [2.75, 3.05) is 6.54 Å². The summed E-state index contributed by atoms with van der Waals surface area (Å²) >= 11 is 0. The van der Waals surface area contributed by atoms with E-state index in [1.54, 1.807) is 0 Å². The summed E-state index contributed by atoms with van der Waals surface area (Å²) in [5, 5.41) is 12.4. The fourth-order valence-corrected chi connectivity index (χ4v) is 2.43. The van der Waals surface area contributed by atoms with Gasteiger partial charge in [-0.15, -0.1) is 0 Å². The molecule has 0 saturated carbocycles. The van der Waals surface area contributed by atoms with Gasteiger partial charge in [0.25, 0.3) is 0 Å². The fourth-order valence-electron chi connectivity index (χ4n) is 2.43. The first kappa shape index (κ1) is 15.3. The largest absolute Gasteiger partial charge is 0.310 e. The number of hydrogen-bond acceptors (Lipinski definition) is 2. The van der Waals surface area contributed by atoms with E-state index in [0.29, 0.717) is 17.5 Å². The highest BCUT2D eigenvalue weighted by Gasteiger charge is 2.07. The van der Waals surface area contributed by atoms with E-state index in [1.807, 2.05) is 24.3 Å². The second-order valence-electron chi connectivity index (χ2n) is 5.51. The molecule has 2 aromatic carbocycles. The normalized spacial score (nSPS) is 13.4. The van der Waals surface area contributed by atoms with Crippen molar-refractivity contribution >= 4 is 0 Å². The van der Waals surface area contributed by atoms with Crippen LogP contribution in [-0.2, 0) is 0 Å². The summed E-state index contributed by atoms with van der Waals surface area (Å²) in [6, 6.07) is 20.9. The summed E-state index contributed by atoms with van der Waals surface area (Å²) in [5.41, 5.74) is 3.33. The van der Waals surface area contributed by atoms with E-state index < -0.39 is 0 Å². The maximum atomic E-state index is 8.81. The van der Waals surface area contributed by atoms with Crippen molar-refractivity contribution in [3.63, 3.8) is 0 Å². The molecule has 0 spiro atoms. The molecular weight excluding hydrogens is 256 g/mol. The van der Waals surface area contributed by atoms with Crippen LogP contribution in [-0.4, -0.2) is 6.54 Å². The second-order valence-corrected chi connectivity index (χ2v) is 5.51. The van der Waals surface area contributed by atoms with Gasteiger partial charge < -0.3 is 5.32 Å². The molecule has 2 atom stereocenters. The van der Waals surface area contributed by atoms with Crippen LogP contribution in [0.2, 0.25) is 0 Å². The molecule has 2 nitrogen and oxygen atoms in total. The zero-order chi connectivity index (χ0) is 15.1. The predicted octanol–water partition coefficient (Wildman–Crippen LogP) is 4.40. The molecule has 2 heteroatoms. The average Bonchev–Trinajstić information content (AvgIpc) is 2.55. The zero-order valence-corrected chi connectivity index (χ0v) is 12.7. The molecule has 0 aliphatic heterocycles. The number of benzene rings is 2. The van der Waals surface area contributed by atoms with Gasteiger partial charge in [-0.25, -0.2) is 0 Å². The lowest BCUT2D eigenvalue weighted by Crippen LogP contribution is -2.21. The maximum absolute atomic E-state index is 8.81. The Morgan fingerprint density at radius 3 is 2.24 bits per heavy atom. The minimum Gasteiger partial charge on any atom is -0.310 e. The lowest BCUT2D eigenvalue weighted by atomic mass is 9.97. The van der Waals surface area contributed by atoms with Gasteiger partial charge in [-0.2, -0.15) is 5.26 Å². The van der Waals surface area contributed by atoms with Crippen LogP contribution in [0.5, 0.6) is 0 Å². The number of hydrogen-bond donors (Lipinski definition) is 1. The van der Waals surface area contributed by atoms with Crippen molar-refractivity contribution in [3.8, 4) is 6.07 Å². The molecule has 0 saturated heterocycles. The van der Waals surface area contributed by atoms with E-state index in [0.717, 1.165) is 13.0 Å². The third-order valence-corrected chi connectivity index (χ3v) is 3.94. The van der Waals surface area contributed by atoms with Crippen LogP contribution in [0.1, 0.15) is 48.9 Å². The molecule has 0 aliphatic rings. The monoisotopic (exact) mass is 278 g/mol. The molecule has 1 N–H and O–H groups in total. The Labute approximate surface area is 127 Å². The highest BCUT2D eigenvalue weighted by molar-refractivity contribution is 5.32. The molecule has 0 aliphatic carbocycles. The van der Waals surface area contributed by atoms with Gasteiger partial charge in [0.15, 0.2) is 0 Å². The summed E-state index contributed by atoms with van der Waals surface area (Å²) in [6.45, 7) is 5.41. The van der Waals surface area contributed by atoms with E-state index in [1.165, 1.54) is 11.1 Å². The summed E-state index contributed by atoms with van der Waals surface area (Å²) in [5.74, 6) is 0.562. The molecule has 0 bridgehead atoms. The van der Waals surface area contributed by atoms with Gasteiger partial charge in [0.05, 0.1) is 11.6 Å². The van der Waals surface area contributed by atoms with Crippen LogP contribution in [0.15, 0.2) is 54.6 Å². The third-order valence-electron chi connectivity index (χ3n) is 3.94. The second kappa shape index (κ2) is 7.61. The smallest absolute Gasteiger partial charge is 0.0991 e. The first-order valence-electron chi connectivity index (χ1n) is 7.49. The Balaban J connectivity index is 1.81. The van der Waals surface area contributed by atoms with E-state index >= 15 is 0 Å². The summed E-state index contributed by atoms with van der Waals surface area (Å²) in [7, 11) is 0. The molecular formula is C19H22N2. The molecule has 0 aromatic heterocycles. The lowest BCUT2D eigenvalue weighted by molar-refractivity contribution is 0.531. The van der Waals surface area contributed by atoms with Crippen molar-refractivity contribution in [2.24, 2.45) is 0 Å². The van der Waals surface area contributed by atoms with Crippen LogP contribution in [0.4, 0.5) is 0 Å². The molecule has 0 heterocycles. The molecule has 0 amide bonds. The van der Waals surface area contributed by atoms with Crippen LogP contribution in [0.25, 0.3) is 0 Å². The SMILES string of the molecule is CC(CCNC(C)c1ccc(C#N)cc1)c1ccccc1. The Hall–Kier alpha value is -2.11. The van der Waals surface area contributed by atoms with Crippen molar-refractivity contribution in [1.29, 1.82) is 5.26 Å². The van der Waals surface area contributed by atoms with Gasteiger partial charge in [0, 0.05) is 6.04 Å². The van der Waals surface area contributed by atoms with E-state index in [4.69, 9.17) is 5.26 Å². The van der Waals surface area contributed by atoms with E-state index in [2.05, 4.69) is 55.6 Å². The van der Waals surface area contributed by atoms with Crippen molar-refractivity contribution in [1.82, 2.24) is 5.32 Å². The molecule has 2 unspecified atom stereocenters. The molecule has 21 heavy (non-hydrogen) atoms. The van der Waals surface area contributed by atoms with Crippen LogP contribution < -0.4 is 5.32 Å². The van der Waals surface area contributed by atoms with Gasteiger partial charge >= 0.3 is 0 Å². The zero-order valence-electron chi connectivity index (χ0n) is 12.7. The number of rotatable bonds is 6. The van der Waals surface area contributed by atoms with Crippen LogP contribution in [0, 0.1) is 11.3 Å². The Morgan fingerprint density at radius 2 is 1.62 bits per heavy atom. The summed E-state index contributed by atoms with van der Waals surface area (Å²) in [6.07, 6.45) is 1.12. The Bertz CT molecular complexity index is 581. The summed E-state index contributed by atoms with van der Waals surface area (Å²) in [4.78, 5) is 0. The minimum absolute atomic E-state index is 0.306. The quantitative estimate of drug-likeness (QED) is 0.850. The number of nitrogens with zero attached hydrogens (tertiary/aromatic N) is 1. The predicted molar refractivity (Wildman–Crippen MR) is 87.0 cm³/mol. The first-order chi connectivity index (χ1) is 10.2. The standard InChI is InChI=1S/C19H22N2/c1-15(18-6-4-3-5-7-18)12-13-21-16(2)19-10-8-17(14-20)9-11-19/h3-11,15-16,21H,12-13H2,1-2H3. The van der Waals surface area contributed by atoms with Crippen molar-refractivity contribution in [3.05, 3.63) is 71.3 Å². The van der Waals surface area contributed by atoms with Crippen molar-refractivity contribution in [2.45, 2.75) is 32.2 Å². The van der Waals surface area contributed by atoms with E-state index in [-0.39, 0.29) is 0 Å². The third kappa shape index (κ3) is 4.44. The van der Waals surface area contributed by atoms with Crippen LogP contribution >= 0.6 is 0 Å². The minimum atomic E-state index is 0.306. The molecule has 108 valence electrons. The summed E-state index contributed by atoms with van der Waals surface area (Å²) < 4.78 is 0. The van der Waals surface area contributed by atoms with Gasteiger partial charge in [0.1, 0.15) is 0 Å². The van der Waals surface area contributed by atoms with Gasteiger partial charge in [0.2, 0.25) is 0 Å². The molecule has 2 aromatic rings. The Kier molecular flexibility index (Phi) is 5.54. The maximum Gasteiger partial charge on any atom is 0.0991 e. The van der Waals surface area contributed by atoms with Gasteiger partial charge in [-0.1, -0.05) is 49.4 Å². The highest BCUT2D eigenvalue weighted by Crippen LogP contribution is 2.19. The average molecular weight is 278 g/mol. The lowest BCUT2D eigenvalue weighted by Gasteiger charge is -2.17. The van der Waals surface area contributed by atoms with E-state index in [9.17, 15) is 0 Å². The Morgan fingerprint density at radius 1 is 0.952 bits per heavy atom. The fraction of sp³-hybridized carbons (Fsp3) is 0.316. The first-order valence-corrected chi connectivity index (χ1v) is 7.49. The van der Waals surface area contributed by atoms with Crippen LogP contribution in [0.3, 0.4) is 0 Å². The van der Waals surface area contributed by atoms with Gasteiger partial charge in [-0.05, 0) is 49.1 Å². The topological polar surface area (TPSA) is 35.8 Å². The number of nitrogens with one attached hydrogen (secondary N) is 1. The number of nitriles is 1. The molecule has 0 fully saturated rings. The molecule has 0 radical (unpaired) electrons.